The van der Waals surface area contributed by atoms with Crippen molar-refractivity contribution >= 4 is 11.6 Å². The number of benzene rings is 2. The molecule has 0 fully saturated rings. The summed E-state index contributed by atoms with van der Waals surface area (Å²) < 4.78 is 19.3. The number of para-hydroxylation sites is 1. The number of halogens is 2. The van der Waals surface area contributed by atoms with E-state index in [-0.39, 0.29) is 11.7 Å². The van der Waals surface area contributed by atoms with Crippen LogP contribution in [0.4, 0.5) is 4.39 Å². The lowest BCUT2D eigenvalue weighted by Crippen LogP contribution is -2.17. The average molecular weight is 294 g/mol. The third-order valence-electron chi connectivity index (χ3n) is 3.35. The molecule has 2 aromatic rings. The molecule has 0 aliphatic carbocycles. The Balaban J connectivity index is 2.34. The molecule has 0 aliphatic rings. The summed E-state index contributed by atoms with van der Waals surface area (Å²) in [6.45, 7) is 0.318. The zero-order chi connectivity index (χ0) is 14.5. The van der Waals surface area contributed by atoms with Crippen LogP contribution in [0.25, 0.3) is 0 Å². The van der Waals surface area contributed by atoms with Crippen LogP contribution in [0.1, 0.15) is 17.0 Å². The smallest absolute Gasteiger partial charge is 0.128 e. The predicted molar refractivity (Wildman–Crippen MR) is 79.9 cm³/mol. The van der Waals surface area contributed by atoms with Crippen LogP contribution in [-0.2, 0) is 6.42 Å². The Kier molecular flexibility index (Phi) is 4.99. The van der Waals surface area contributed by atoms with E-state index in [4.69, 9.17) is 22.1 Å². The first kappa shape index (κ1) is 14.8. The summed E-state index contributed by atoms with van der Waals surface area (Å²) in [5.41, 5.74) is 7.28. The molecule has 2 N–H and O–H groups in total. The van der Waals surface area contributed by atoms with E-state index < -0.39 is 0 Å². The summed E-state index contributed by atoms with van der Waals surface area (Å²) in [6.07, 6.45) is 0.584. The summed E-state index contributed by atoms with van der Waals surface area (Å²) in [5.74, 6) is 0.279. The highest BCUT2D eigenvalue weighted by Crippen LogP contribution is 2.31. The fourth-order valence-electron chi connectivity index (χ4n) is 2.34. The highest BCUT2D eigenvalue weighted by atomic mass is 35.5. The van der Waals surface area contributed by atoms with Crippen LogP contribution in [0.5, 0.6) is 5.75 Å². The van der Waals surface area contributed by atoms with Gasteiger partial charge in [0, 0.05) is 16.5 Å². The maximum absolute atomic E-state index is 14.0. The summed E-state index contributed by atoms with van der Waals surface area (Å²) in [7, 11) is 1.62. The van der Waals surface area contributed by atoms with E-state index in [1.54, 1.807) is 19.2 Å². The Bertz CT molecular complexity index is 568. The van der Waals surface area contributed by atoms with Crippen LogP contribution >= 0.6 is 11.6 Å². The van der Waals surface area contributed by atoms with Crippen LogP contribution in [0.2, 0.25) is 5.02 Å². The molecule has 0 spiro atoms. The monoisotopic (exact) mass is 293 g/mol. The van der Waals surface area contributed by atoms with Gasteiger partial charge in [0.1, 0.15) is 11.6 Å². The Hall–Kier alpha value is -1.58. The predicted octanol–water partition coefficient (Wildman–Crippen LogP) is 3.77. The molecule has 0 radical (unpaired) electrons. The second-order valence-electron chi connectivity index (χ2n) is 4.58. The van der Waals surface area contributed by atoms with Gasteiger partial charge in [-0.1, -0.05) is 35.9 Å². The van der Waals surface area contributed by atoms with E-state index in [1.807, 2.05) is 24.3 Å². The molecule has 0 heterocycles. The van der Waals surface area contributed by atoms with Crippen molar-refractivity contribution in [3.63, 3.8) is 0 Å². The van der Waals surface area contributed by atoms with Crippen molar-refractivity contribution in [3.05, 3.63) is 64.4 Å². The van der Waals surface area contributed by atoms with Crippen molar-refractivity contribution in [1.29, 1.82) is 0 Å². The van der Waals surface area contributed by atoms with Gasteiger partial charge < -0.3 is 10.5 Å². The zero-order valence-electron chi connectivity index (χ0n) is 11.3. The zero-order valence-corrected chi connectivity index (χ0v) is 12.0. The van der Waals surface area contributed by atoms with Gasteiger partial charge in [-0.3, -0.25) is 0 Å². The van der Waals surface area contributed by atoms with Gasteiger partial charge in [-0.2, -0.15) is 0 Å². The molecule has 106 valence electrons. The molecule has 2 nitrogen and oxygen atoms in total. The number of ether oxygens (including phenoxy) is 1. The third-order valence-corrected chi connectivity index (χ3v) is 3.68. The molecule has 0 amide bonds. The number of methoxy groups -OCH3 is 1. The van der Waals surface area contributed by atoms with Gasteiger partial charge in [-0.05, 0) is 36.7 Å². The first-order valence-corrected chi connectivity index (χ1v) is 6.81. The molecule has 0 aliphatic heterocycles. The Morgan fingerprint density at radius 2 is 1.95 bits per heavy atom. The third kappa shape index (κ3) is 3.11. The Morgan fingerprint density at radius 3 is 2.60 bits per heavy atom. The van der Waals surface area contributed by atoms with Crippen LogP contribution in [-0.4, -0.2) is 13.7 Å². The van der Waals surface area contributed by atoms with Crippen molar-refractivity contribution in [2.24, 2.45) is 5.73 Å². The number of hydrogen-bond donors (Lipinski definition) is 1. The van der Waals surface area contributed by atoms with Crippen molar-refractivity contribution in [2.75, 3.05) is 13.7 Å². The summed E-state index contributed by atoms with van der Waals surface area (Å²) in [4.78, 5) is 0. The summed E-state index contributed by atoms with van der Waals surface area (Å²) >= 11 is 6.12. The second kappa shape index (κ2) is 6.73. The maximum atomic E-state index is 14.0. The Morgan fingerprint density at radius 1 is 1.20 bits per heavy atom. The normalized spacial score (nSPS) is 12.2. The van der Waals surface area contributed by atoms with E-state index >= 15 is 0 Å². The number of nitrogens with two attached hydrogens (primary N) is 1. The fraction of sp³-hybridized carbons (Fsp3) is 0.250. The molecular weight excluding hydrogens is 277 g/mol. The van der Waals surface area contributed by atoms with E-state index in [0.29, 0.717) is 23.6 Å². The van der Waals surface area contributed by atoms with Crippen molar-refractivity contribution in [3.8, 4) is 5.75 Å². The molecule has 20 heavy (non-hydrogen) atoms. The van der Waals surface area contributed by atoms with Crippen LogP contribution in [0.3, 0.4) is 0 Å². The topological polar surface area (TPSA) is 35.2 Å². The lowest BCUT2D eigenvalue weighted by Gasteiger charge is -2.19. The van der Waals surface area contributed by atoms with Gasteiger partial charge in [0.2, 0.25) is 0 Å². The van der Waals surface area contributed by atoms with E-state index in [0.717, 1.165) is 11.3 Å². The molecular formula is C16H17ClFNO. The molecule has 0 saturated carbocycles. The maximum Gasteiger partial charge on any atom is 0.128 e. The minimum absolute atomic E-state index is 0.181. The largest absolute Gasteiger partial charge is 0.496 e. The van der Waals surface area contributed by atoms with Gasteiger partial charge in [-0.15, -0.1) is 0 Å². The van der Waals surface area contributed by atoms with E-state index in [9.17, 15) is 4.39 Å². The Labute approximate surface area is 123 Å². The van der Waals surface area contributed by atoms with Gasteiger partial charge in [0.15, 0.2) is 0 Å². The SMILES string of the molecule is COc1ccccc1CC(CN)c1c(F)cccc1Cl. The van der Waals surface area contributed by atoms with Crippen LogP contribution < -0.4 is 10.5 Å². The number of hydrogen-bond acceptors (Lipinski definition) is 2. The van der Waals surface area contributed by atoms with Crippen LogP contribution in [0, 0.1) is 5.82 Å². The molecule has 4 heteroatoms. The first-order chi connectivity index (χ1) is 9.67. The molecule has 0 saturated heterocycles. The average Bonchev–Trinajstić information content (AvgIpc) is 2.46. The first-order valence-electron chi connectivity index (χ1n) is 6.43. The highest BCUT2D eigenvalue weighted by molar-refractivity contribution is 6.31. The second-order valence-corrected chi connectivity index (χ2v) is 4.99. The quantitative estimate of drug-likeness (QED) is 0.911. The van der Waals surface area contributed by atoms with Gasteiger partial charge >= 0.3 is 0 Å². The van der Waals surface area contributed by atoms with Gasteiger partial charge in [-0.25, -0.2) is 4.39 Å². The minimum atomic E-state index is -0.317. The van der Waals surface area contributed by atoms with E-state index in [1.165, 1.54) is 6.07 Å². The van der Waals surface area contributed by atoms with Crippen molar-refractivity contribution in [1.82, 2.24) is 0 Å². The lowest BCUT2D eigenvalue weighted by molar-refractivity contribution is 0.407. The molecule has 0 bridgehead atoms. The fourth-order valence-corrected chi connectivity index (χ4v) is 2.66. The van der Waals surface area contributed by atoms with Gasteiger partial charge in [0.05, 0.1) is 7.11 Å². The molecule has 2 aromatic carbocycles. The highest BCUT2D eigenvalue weighted by Gasteiger charge is 2.19. The van der Waals surface area contributed by atoms with Crippen molar-refractivity contribution < 1.29 is 9.13 Å². The lowest BCUT2D eigenvalue weighted by atomic mass is 9.91. The molecule has 1 unspecified atom stereocenters. The van der Waals surface area contributed by atoms with Crippen molar-refractivity contribution in [2.45, 2.75) is 12.3 Å². The standard InChI is InChI=1S/C16H17ClFNO/c1-20-15-8-3-2-5-11(15)9-12(10-19)16-13(17)6-4-7-14(16)18/h2-8,12H,9-10,19H2,1H3. The summed E-state index contributed by atoms with van der Waals surface area (Å²) in [5, 5.41) is 0.412. The number of rotatable bonds is 5. The summed E-state index contributed by atoms with van der Waals surface area (Å²) in [6, 6.07) is 12.3. The van der Waals surface area contributed by atoms with E-state index in [2.05, 4.69) is 0 Å². The molecule has 2 rings (SSSR count). The molecule has 0 aromatic heterocycles. The van der Waals surface area contributed by atoms with Gasteiger partial charge in [0.25, 0.3) is 0 Å². The minimum Gasteiger partial charge on any atom is -0.496 e. The van der Waals surface area contributed by atoms with Crippen LogP contribution in [0.15, 0.2) is 42.5 Å². The molecule has 1 atom stereocenters.